The highest BCUT2D eigenvalue weighted by Crippen LogP contribution is 2.23. The summed E-state index contributed by atoms with van der Waals surface area (Å²) in [4.78, 5) is 12.3. The molecule has 18 heavy (non-hydrogen) atoms. The summed E-state index contributed by atoms with van der Waals surface area (Å²) in [6.45, 7) is 2.08. The van der Waals surface area contributed by atoms with Gasteiger partial charge >= 0.3 is 0 Å². The molecule has 4 nitrogen and oxygen atoms in total. The Balaban J connectivity index is 1.77. The summed E-state index contributed by atoms with van der Waals surface area (Å²) in [5, 5.41) is 0. The van der Waals surface area contributed by atoms with Gasteiger partial charge in [-0.1, -0.05) is 0 Å². The smallest absolute Gasteiger partial charge is 0.227 e. The van der Waals surface area contributed by atoms with Crippen molar-refractivity contribution in [1.82, 2.24) is 9.97 Å². The third-order valence-corrected chi connectivity index (χ3v) is 3.50. The van der Waals surface area contributed by atoms with Gasteiger partial charge in [0.05, 0.1) is 13.1 Å². The topological polar surface area (TPSA) is 32.3 Å². The SMILES string of the molecule is F[C@@H]1CCN(c2ccnc(N3CC[C@@H](F)C3)n2)C1. The van der Waals surface area contributed by atoms with Gasteiger partial charge in [-0.25, -0.2) is 13.8 Å². The van der Waals surface area contributed by atoms with Crippen LogP contribution in [0.15, 0.2) is 12.3 Å². The first kappa shape index (κ1) is 11.6. The van der Waals surface area contributed by atoms with Crippen LogP contribution in [-0.4, -0.2) is 48.5 Å². The molecule has 98 valence electrons. The van der Waals surface area contributed by atoms with Crippen LogP contribution in [0.3, 0.4) is 0 Å². The molecule has 0 aromatic carbocycles. The van der Waals surface area contributed by atoms with Gasteiger partial charge in [0.1, 0.15) is 18.2 Å². The summed E-state index contributed by atoms with van der Waals surface area (Å²) in [5.74, 6) is 1.29. The second-order valence-electron chi connectivity index (χ2n) is 4.88. The van der Waals surface area contributed by atoms with Crippen LogP contribution < -0.4 is 9.80 Å². The van der Waals surface area contributed by atoms with Gasteiger partial charge in [-0.3, -0.25) is 0 Å². The Kier molecular flexibility index (Phi) is 3.01. The molecule has 0 unspecified atom stereocenters. The van der Waals surface area contributed by atoms with E-state index in [-0.39, 0.29) is 0 Å². The van der Waals surface area contributed by atoms with E-state index >= 15 is 0 Å². The molecule has 3 heterocycles. The fourth-order valence-corrected chi connectivity index (χ4v) is 2.49. The largest absolute Gasteiger partial charge is 0.353 e. The van der Waals surface area contributed by atoms with Crippen LogP contribution >= 0.6 is 0 Å². The molecule has 0 amide bonds. The number of aromatic nitrogens is 2. The van der Waals surface area contributed by atoms with Gasteiger partial charge in [0.25, 0.3) is 0 Å². The van der Waals surface area contributed by atoms with Crippen molar-refractivity contribution in [3.8, 4) is 0 Å². The van der Waals surface area contributed by atoms with Crippen LogP contribution in [0.4, 0.5) is 20.5 Å². The molecule has 0 bridgehead atoms. The van der Waals surface area contributed by atoms with E-state index in [9.17, 15) is 8.78 Å². The molecule has 2 aliphatic rings. The number of nitrogens with zero attached hydrogens (tertiary/aromatic N) is 4. The van der Waals surface area contributed by atoms with Crippen molar-refractivity contribution in [2.45, 2.75) is 25.2 Å². The molecular weight excluding hydrogens is 238 g/mol. The number of anilines is 2. The van der Waals surface area contributed by atoms with E-state index in [1.807, 2.05) is 9.80 Å². The molecule has 0 spiro atoms. The summed E-state index contributed by atoms with van der Waals surface area (Å²) in [5.41, 5.74) is 0. The molecule has 2 aliphatic heterocycles. The zero-order chi connectivity index (χ0) is 12.5. The number of halogens is 2. The minimum Gasteiger partial charge on any atom is -0.353 e. The lowest BCUT2D eigenvalue weighted by atomic mass is 10.3. The maximum atomic E-state index is 13.2. The highest BCUT2D eigenvalue weighted by atomic mass is 19.1. The summed E-state index contributed by atoms with van der Waals surface area (Å²) < 4.78 is 26.3. The lowest BCUT2D eigenvalue weighted by Crippen LogP contribution is -2.25. The Hall–Kier alpha value is -1.46. The maximum Gasteiger partial charge on any atom is 0.227 e. The van der Waals surface area contributed by atoms with Gasteiger partial charge < -0.3 is 9.80 Å². The van der Waals surface area contributed by atoms with Gasteiger partial charge in [0, 0.05) is 19.3 Å². The quantitative estimate of drug-likeness (QED) is 0.802. The lowest BCUT2D eigenvalue weighted by Gasteiger charge is -2.20. The van der Waals surface area contributed by atoms with Crippen molar-refractivity contribution >= 4 is 11.8 Å². The molecule has 0 saturated carbocycles. The summed E-state index contributed by atoms with van der Waals surface area (Å²) in [6, 6.07) is 1.78. The van der Waals surface area contributed by atoms with E-state index in [1.54, 1.807) is 12.3 Å². The van der Waals surface area contributed by atoms with E-state index in [2.05, 4.69) is 9.97 Å². The molecule has 2 atom stereocenters. The van der Waals surface area contributed by atoms with Gasteiger partial charge in [0.2, 0.25) is 5.95 Å². The Morgan fingerprint density at radius 3 is 2.33 bits per heavy atom. The zero-order valence-electron chi connectivity index (χ0n) is 10.1. The van der Waals surface area contributed by atoms with Gasteiger partial charge in [-0.2, -0.15) is 4.98 Å². The Bertz CT molecular complexity index is 393. The van der Waals surface area contributed by atoms with E-state index in [4.69, 9.17) is 0 Å². The highest BCUT2D eigenvalue weighted by Gasteiger charge is 2.26. The monoisotopic (exact) mass is 254 g/mol. The van der Waals surface area contributed by atoms with E-state index < -0.39 is 12.3 Å². The van der Waals surface area contributed by atoms with Crippen molar-refractivity contribution < 1.29 is 8.78 Å². The van der Waals surface area contributed by atoms with Crippen molar-refractivity contribution in [3.05, 3.63) is 12.3 Å². The van der Waals surface area contributed by atoms with Crippen LogP contribution in [-0.2, 0) is 0 Å². The van der Waals surface area contributed by atoms with Crippen molar-refractivity contribution in [1.29, 1.82) is 0 Å². The maximum absolute atomic E-state index is 13.2. The molecule has 2 fully saturated rings. The predicted molar refractivity (Wildman–Crippen MR) is 65.5 cm³/mol. The van der Waals surface area contributed by atoms with Crippen LogP contribution in [0.5, 0.6) is 0 Å². The van der Waals surface area contributed by atoms with Crippen LogP contribution in [0.1, 0.15) is 12.8 Å². The molecule has 3 rings (SSSR count). The average molecular weight is 254 g/mol. The Morgan fingerprint density at radius 1 is 1.06 bits per heavy atom. The minimum atomic E-state index is -0.792. The predicted octanol–water partition coefficient (Wildman–Crippen LogP) is 1.57. The van der Waals surface area contributed by atoms with Gasteiger partial charge in [-0.15, -0.1) is 0 Å². The van der Waals surface area contributed by atoms with Crippen molar-refractivity contribution in [2.75, 3.05) is 36.0 Å². The first-order chi connectivity index (χ1) is 8.72. The Morgan fingerprint density at radius 2 is 1.72 bits per heavy atom. The third-order valence-electron chi connectivity index (χ3n) is 3.50. The zero-order valence-corrected chi connectivity index (χ0v) is 10.1. The molecule has 6 heteroatoms. The summed E-state index contributed by atoms with van der Waals surface area (Å²) in [6.07, 6.45) is 1.18. The lowest BCUT2D eigenvalue weighted by molar-refractivity contribution is 0.364. The first-order valence-corrected chi connectivity index (χ1v) is 6.33. The number of alkyl halides is 2. The van der Waals surface area contributed by atoms with Crippen LogP contribution in [0.25, 0.3) is 0 Å². The Labute approximate surface area is 105 Å². The molecule has 2 saturated heterocycles. The summed E-state index contributed by atoms with van der Waals surface area (Å²) in [7, 11) is 0. The standard InChI is InChI=1S/C12H16F2N4/c13-9-2-5-17(7-9)11-1-4-15-12(16-11)18-6-3-10(14)8-18/h1,4,9-10H,2-3,5-8H2/t9-,10-/m1/s1. The first-order valence-electron chi connectivity index (χ1n) is 6.33. The molecule has 0 radical (unpaired) electrons. The number of hydrogen-bond acceptors (Lipinski definition) is 4. The molecule has 0 N–H and O–H groups in total. The van der Waals surface area contributed by atoms with Crippen molar-refractivity contribution in [3.63, 3.8) is 0 Å². The third kappa shape index (κ3) is 2.23. The number of hydrogen-bond donors (Lipinski definition) is 0. The molecule has 0 aliphatic carbocycles. The highest BCUT2D eigenvalue weighted by molar-refractivity contribution is 5.45. The van der Waals surface area contributed by atoms with Crippen LogP contribution in [0, 0.1) is 0 Å². The number of rotatable bonds is 2. The normalized spacial score (nSPS) is 28.1. The van der Waals surface area contributed by atoms with E-state index in [0.29, 0.717) is 45.0 Å². The molecule has 1 aromatic rings. The van der Waals surface area contributed by atoms with E-state index in [1.165, 1.54) is 0 Å². The summed E-state index contributed by atoms with van der Waals surface area (Å²) >= 11 is 0. The van der Waals surface area contributed by atoms with Crippen molar-refractivity contribution in [2.24, 2.45) is 0 Å². The minimum absolute atomic E-state index is 0.356. The molecule has 1 aromatic heterocycles. The van der Waals surface area contributed by atoms with E-state index in [0.717, 1.165) is 5.82 Å². The second kappa shape index (κ2) is 4.66. The van der Waals surface area contributed by atoms with Gasteiger partial charge in [0.15, 0.2) is 0 Å². The van der Waals surface area contributed by atoms with Crippen LogP contribution in [0.2, 0.25) is 0 Å². The molecular formula is C12H16F2N4. The average Bonchev–Trinajstić information content (AvgIpc) is 2.98. The fourth-order valence-electron chi connectivity index (χ4n) is 2.49. The van der Waals surface area contributed by atoms with Gasteiger partial charge in [-0.05, 0) is 18.9 Å². The fraction of sp³-hybridized carbons (Fsp3) is 0.667. The second-order valence-corrected chi connectivity index (χ2v) is 4.88.